The van der Waals surface area contributed by atoms with Gasteiger partial charge in [0.25, 0.3) is 5.91 Å². The van der Waals surface area contributed by atoms with Gasteiger partial charge in [0, 0.05) is 4.75 Å². The average molecular weight is 585 g/mol. The Balaban J connectivity index is 1.29. The van der Waals surface area contributed by atoms with Crippen LogP contribution in [0.3, 0.4) is 0 Å². The van der Waals surface area contributed by atoms with Gasteiger partial charge in [0.2, 0.25) is 5.91 Å². The molecule has 0 saturated carbocycles. The summed E-state index contributed by atoms with van der Waals surface area (Å²) in [5.74, 6) is -1.23. The molecule has 3 aliphatic rings. The predicted molar refractivity (Wildman–Crippen MR) is 158 cm³/mol. The molecule has 10 heteroatoms. The van der Waals surface area contributed by atoms with Crippen LogP contribution in [-0.2, 0) is 19.1 Å². The summed E-state index contributed by atoms with van der Waals surface area (Å²) in [5.41, 5.74) is 1.10. The molecule has 3 heterocycles. The van der Waals surface area contributed by atoms with Crippen molar-refractivity contribution in [1.29, 1.82) is 0 Å². The van der Waals surface area contributed by atoms with Crippen LogP contribution in [0.15, 0.2) is 96.3 Å². The van der Waals surface area contributed by atoms with E-state index in [2.05, 4.69) is 5.29 Å². The third-order valence-corrected chi connectivity index (χ3v) is 9.98. The molecule has 0 aromatic heterocycles. The number of rotatable bonds is 7. The number of nitroso groups, excluding NO2 is 1. The van der Waals surface area contributed by atoms with Gasteiger partial charge < -0.3 is 14.5 Å². The van der Waals surface area contributed by atoms with Gasteiger partial charge in [0.1, 0.15) is 23.1 Å². The van der Waals surface area contributed by atoms with Crippen molar-refractivity contribution < 1.29 is 19.1 Å². The van der Waals surface area contributed by atoms with Crippen LogP contribution in [0.25, 0.3) is 0 Å². The fraction of sp³-hybridized carbons (Fsp3) is 0.344. The van der Waals surface area contributed by atoms with E-state index in [9.17, 15) is 19.3 Å². The molecular formula is C32H32N4O5S. The number of benzene rings is 3. The van der Waals surface area contributed by atoms with Crippen LogP contribution >= 0.6 is 11.8 Å². The van der Waals surface area contributed by atoms with E-state index in [-0.39, 0.29) is 11.8 Å². The quantitative estimate of drug-likeness (QED) is 0.218. The van der Waals surface area contributed by atoms with Crippen molar-refractivity contribution in [2.24, 2.45) is 5.29 Å². The standard InChI is InChI=1S/C32H32N4O5S/c1-31(2)26(30(39)41-25(21-16-10-6-11-17-21)22-18-12-7-13-19-22)34-27(37)24(29(34)42-31)35-28(38)23(20-14-8-5-9-15-20)36(33-40)32(35,3)4/h5-19,23-26,29H,1-4H3/t23?,24?,26-,29+/m0/s1. The van der Waals surface area contributed by atoms with Crippen molar-refractivity contribution in [3.63, 3.8) is 0 Å². The van der Waals surface area contributed by atoms with Crippen LogP contribution in [0, 0.1) is 4.91 Å². The minimum absolute atomic E-state index is 0.350. The first-order valence-corrected chi connectivity index (χ1v) is 14.8. The van der Waals surface area contributed by atoms with E-state index in [1.54, 1.807) is 43.0 Å². The molecule has 4 atom stereocenters. The number of esters is 1. The third-order valence-electron chi connectivity index (χ3n) is 8.42. The lowest BCUT2D eigenvalue weighted by atomic mass is 9.93. The van der Waals surface area contributed by atoms with E-state index in [0.29, 0.717) is 5.56 Å². The Morgan fingerprint density at radius 1 is 0.833 bits per heavy atom. The largest absolute Gasteiger partial charge is 0.451 e. The lowest BCUT2D eigenvalue weighted by Gasteiger charge is -2.50. The van der Waals surface area contributed by atoms with Crippen LogP contribution in [0.1, 0.15) is 56.5 Å². The molecule has 9 nitrogen and oxygen atoms in total. The van der Waals surface area contributed by atoms with Gasteiger partial charge >= 0.3 is 5.97 Å². The van der Waals surface area contributed by atoms with E-state index in [1.165, 1.54) is 21.7 Å². The summed E-state index contributed by atoms with van der Waals surface area (Å²) in [5, 5.41) is 3.97. The lowest BCUT2D eigenvalue weighted by Crippen LogP contribution is -2.73. The first-order valence-electron chi connectivity index (χ1n) is 13.9. The van der Waals surface area contributed by atoms with E-state index in [4.69, 9.17) is 4.74 Å². The average Bonchev–Trinajstić information content (AvgIpc) is 3.36. The molecule has 3 aromatic carbocycles. The van der Waals surface area contributed by atoms with E-state index >= 15 is 0 Å². The number of carbonyl (C=O) groups is 3. The van der Waals surface area contributed by atoms with Crippen LogP contribution in [0.4, 0.5) is 0 Å². The lowest BCUT2D eigenvalue weighted by molar-refractivity contribution is -0.175. The van der Waals surface area contributed by atoms with Crippen molar-refractivity contribution in [3.05, 3.63) is 113 Å². The topological polar surface area (TPSA) is 99.6 Å². The van der Waals surface area contributed by atoms with Gasteiger partial charge in [0.05, 0.1) is 5.29 Å². The van der Waals surface area contributed by atoms with Crippen LogP contribution < -0.4 is 0 Å². The highest BCUT2D eigenvalue weighted by Crippen LogP contribution is 2.55. The number of hydrogen-bond donors (Lipinski definition) is 0. The van der Waals surface area contributed by atoms with Crippen LogP contribution in [0.5, 0.6) is 0 Å². The number of β-lactam (4-membered cyclic amide) rings is 1. The molecule has 0 radical (unpaired) electrons. The maximum Gasteiger partial charge on any atom is 0.331 e. The molecule has 2 unspecified atom stereocenters. The SMILES string of the molecule is CC1(C)S[C@@H]2C(N3C(=O)C(c4ccccc4)N(N=O)C3(C)C)C(=O)N2[C@H]1C(=O)OC(c1ccccc1)c1ccccc1. The summed E-state index contributed by atoms with van der Waals surface area (Å²) < 4.78 is 5.49. The molecule has 42 heavy (non-hydrogen) atoms. The zero-order chi connectivity index (χ0) is 29.8. The maximum absolute atomic E-state index is 13.9. The Kier molecular flexibility index (Phi) is 6.84. The Bertz CT molecular complexity index is 1480. The van der Waals surface area contributed by atoms with Crippen molar-refractivity contribution in [2.75, 3.05) is 0 Å². The molecule has 0 N–H and O–H groups in total. The first-order chi connectivity index (χ1) is 20.1. The summed E-state index contributed by atoms with van der Waals surface area (Å²) in [6.45, 7) is 7.25. The molecule has 3 aromatic rings. The Morgan fingerprint density at radius 3 is 1.88 bits per heavy atom. The molecule has 3 aliphatic heterocycles. The van der Waals surface area contributed by atoms with Gasteiger partial charge in [-0.25, -0.2) is 9.80 Å². The van der Waals surface area contributed by atoms with Crippen molar-refractivity contribution >= 4 is 29.5 Å². The highest BCUT2D eigenvalue weighted by Gasteiger charge is 2.70. The van der Waals surface area contributed by atoms with Gasteiger partial charge in [-0.05, 0) is 44.4 Å². The summed E-state index contributed by atoms with van der Waals surface area (Å²) in [7, 11) is 0. The number of ether oxygens (including phenoxy) is 1. The summed E-state index contributed by atoms with van der Waals surface area (Å²) >= 11 is 1.46. The second kappa shape index (κ2) is 10.3. The summed E-state index contributed by atoms with van der Waals surface area (Å²) in [4.78, 5) is 56.8. The van der Waals surface area contributed by atoms with E-state index in [0.717, 1.165) is 11.1 Å². The first kappa shape index (κ1) is 28.0. The molecule has 0 aliphatic carbocycles. The molecule has 3 fully saturated rings. The number of hydrogen-bond acceptors (Lipinski definition) is 7. The van der Waals surface area contributed by atoms with Gasteiger partial charge in [0.15, 0.2) is 12.1 Å². The minimum atomic E-state index is -1.17. The smallest absolute Gasteiger partial charge is 0.331 e. The highest BCUT2D eigenvalue weighted by molar-refractivity contribution is 8.01. The van der Waals surface area contributed by atoms with Crippen LogP contribution in [0.2, 0.25) is 0 Å². The molecular weight excluding hydrogens is 552 g/mol. The van der Waals surface area contributed by atoms with Gasteiger partial charge in [-0.3, -0.25) is 9.59 Å². The van der Waals surface area contributed by atoms with E-state index in [1.807, 2.05) is 80.6 Å². The van der Waals surface area contributed by atoms with Crippen molar-refractivity contribution in [3.8, 4) is 0 Å². The second-order valence-corrected chi connectivity index (χ2v) is 13.6. The Labute approximate surface area is 248 Å². The maximum atomic E-state index is 13.9. The Morgan fingerprint density at radius 2 is 1.36 bits per heavy atom. The van der Waals surface area contributed by atoms with Gasteiger partial charge in [-0.2, -0.15) is 0 Å². The number of amides is 2. The monoisotopic (exact) mass is 584 g/mol. The minimum Gasteiger partial charge on any atom is -0.451 e. The molecule has 2 amide bonds. The second-order valence-electron chi connectivity index (χ2n) is 11.8. The number of thioether (sulfide) groups is 1. The summed E-state index contributed by atoms with van der Waals surface area (Å²) in [6, 6.07) is 25.3. The van der Waals surface area contributed by atoms with E-state index < -0.39 is 46.0 Å². The summed E-state index contributed by atoms with van der Waals surface area (Å²) in [6.07, 6.45) is -0.648. The van der Waals surface area contributed by atoms with Crippen molar-refractivity contribution in [2.45, 2.75) is 67.7 Å². The van der Waals surface area contributed by atoms with Gasteiger partial charge in [-0.15, -0.1) is 16.7 Å². The highest BCUT2D eigenvalue weighted by atomic mass is 32.2. The molecule has 216 valence electrons. The number of carbonyl (C=O) groups excluding carboxylic acids is 3. The van der Waals surface area contributed by atoms with Crippen molar-refractivity contribution in [1.82, 2.24) is 14.8 Å². The molecule has 0 bridgehead atoms. The Hall–Kier alpha value is -4.18. The fourth-order valence-corrected chi connectivity index (χ4v) is 8.12. The fourth-order valence-electron chi connectivity index (χ4n) is 6.45. The molecule has 0 spiro atoms. The third kappa shape index (κ3) is 4.27. The van der Waals surface area contributed by atoms with Crippen LogP contribution in [-0.4, -0.2) is 60.5 Å². The zero-order valence-electron chi connectivity index (χ0n) is 23.8. The molecule has 6 rings (SSSR count). The number of fused-ring (bicyclic) bond motifs is 1. The predicted octanol–water partition coefficient (Wildman–Crippen LogP) is 5.05. The van der Waals surface area contributed by atoms with Gasteiger partial charge in [-0.1, -0.05) is 91.0 Å². The molecule has 3 saturated heterocycles. The zero-order valence-corrected chi connectivity index (χ0v) is 24.6. The number of nitrogens with zero attached hydrogens (tertiary/aromatic N) is 4. The normalized spacial score (nSPS) is 25.8.